The fraction of sp³-hybridized carbons (Fsp3) is 0.647. The van der Waals surface area contributed by atoms with Gasteiger partial charge in [-0.15, -0.1) is 16.9 Å². The molecule has 2 fully saturated rings. The Morgan fingerprint density at radius 3 is 2.57 bits per heavy atom. The molecule has 1 aliphatic heterocycles. The first kappa shape index (κ1) is 12.9. The predicted molar refractivity (Wildman–Crippen MR) is 75.1 cm³/mol. The first-order valence-corrected chi connectivity index (χ1v) is 7.92. The van der Waals surface area contributed by atoms with Crippen LogP contribution in [0.5, 0.6) is 0 Å². The van der Waals surface area contributed by atoms with Gasteiger partial charge in [0, 0.05) is 32.1 Å². The molecule has 0 aromatic heterocycles. The van der Waals surface area contributed by atoms with Crippen molar-refractivity contribution in [3.05, 3.63) is 11.8 Å². The summed E-state index contributed by atoms with van der Waals surface area (Å²) in [6, 6.07) is 0. The van der Waals surface area contributed by atoms with Crippen LogP contribution in [0.1, 0.15) is 51.4 Å². The molecule has 4 heteroatoms. The van der Waals surface area contributed by atoms with Gasteiger partial charge in [-0.05, 0) is 42.6 Å². The molecule has 21 heavy (non-hydrogen) atoms. The lowest BCUT2D eigenvalue weighted by Gasteiger charge is -2.23. The van der Waals surface area contributed by atoms with Gasteiger partial charge >= 0.3 is 0 Å². The summed E-state index contributed by atoms with van der Waals surface area (Å²) in [5.74, 6) is 8.32. The Hall–Kier alpha value is -1.76. The number of hydroxylamine groups is 2. The van der Waals surface area contributed by atoms with E-state index in [0.29, 0.717) is 0 Å². The van der Waals surface area contributed by atoms with E-state index < -0.39 is 0 Å². The third kappa shape index (κ3) is 1.98. The van der Waals surface area contributed by atoms with Gasteiger partial charge < -0.3 is 4.84 Å². The minimum Gasteiger partial charge on any atom is -0.374 e. The van der Waals surface area contributed by atoms with Crippen molar-refractivity contribution in [1.29, 1.82) is 0 Å². The van der Waals surface area contributed by atoms with Gasteiger partial charge in [-0.3, -0.25) is 9.59 Å². The van der Waals surface area contributed by atoms with Crippen LogP contribution < -0.4 is 0 Å². The van der Waals surface area contributed by atoms with E-state index in [1.807, 2.05) is 0 Å². The molecule has 1 spiro atoms. The second-order valence-electron chi connectivity index (χ2n) is 6.54. The van der Waals surface area contributed by atoms with Gasteiger partial charge in [0.05, 0.1) is 0 Å². The summed E-state index contributed by atoms with van der Waals surface area (Å²) >= 11 is 0. The number of hydrogen-bond acceptors (Lipinski definition) is 3. The molecule has 110 valence electrons. The van der Waals surface area contributed by atoms with Crippen molar-refractivity contribution in [2.24, 2.45) is 17.3 Å². The van der Waals surface area contributed by atoms with E-state index in [1.54, 1.807) is 0 Å². The Morgan fingerprint density at radius 2 is 1.76 bits per heavy atom. The van der Waals surface area contributed by atoms with Crippen LogP contribution in [0.4, 0.5) is 0 Å². The van der Waals surface area contributed by atoms with Crippen molar-refractivity contribution >= 4 is 11.8 Å². The van der Waals surface area contributed by atoms with E-state index in [2.05, 4.69) is 17.9 Å². The third-order valence-electron chi connectivity index (χ3n) is 5.49. The fourth-order valence-electron chi connectivity index (χ4n) is 4.43. The van der Waals surface area contributed by atoms with Crippen LogP contribution in [0.2, 0.25) is 0 Å². The van der Waals surface area contributed by atoms with E-state index in [9.17, 15) is 9.59 Å². The van der Waals surface area contributed by atoms with Crippen LogP contribution in [0.25, 0.3) is 0 Å². The number of imide groups is 1. The van der Waals surface area contributed by atoms with Crippen molar-refractivity contribution in [2.75, 3.05) is 0 Å². The molecule has 0 bridgehead atoms. The summed E-state index contributed by atoms with van der Waals surface area (Å²) in [5.41, 5.74) is 0.231. The minimum absolute atomic E-state index is 0.212. The minimum atomic E-state index is -0.212. The van der Waals surface area contributed by atoms with Gasteiger partial charge in [-0.2, -0.15) is 0 Å². The highest BCUT2D eigenvalue weighted by atomic mass is 16.7. The summed E-state index contributed by atoms with van der Waals surface area (Å²) in [5, 5.41) is 0.975. The second-order valence-corrected chi connectivity index (χ2v) is 6.54. The second kappa shape index (κ2) is 4.62. The maximum absolute atomic E-state index is 11.7. The molecule has 3 aliphatic carbocycles. The third-order valence-corrected chi connectivity index (χ3v) is 5.49. The molecule has 0 N–H and O–H groups in total. The van der Waals surface area contributed by atoms with E-state index >= 15 is 0 Å². The van der Waals surface area contributed by atoms with Crippen molar-refractivity contribution in [3.63, 3.8) is 0 Å². The maximum Gasteiger partial charge on any atom is 0.263 e. The Bertz CT molecular complexity index is 581. The maximum atomic E-state index is 11.7. The van der Waals surface area contributed by atoms with E-state index in [4.69, 9.17) is 4.84 Å². The number of allylic oxidation sites excluding steroid dienone is 2. The van der Waals surface area contributed by atoms with Gasteiger partial charge in [-0.25, -0.2) is 0 Å². The van der Waals surface area contributed by atoms with Gasteiger partial charge in [0.1, 0.15) is 5.76 Å². The molecular formula is C17H19NO3. The number of fused-ring (bicyclic) bond motifs is 1. The number of hydrogen-bond donors (Lipinski definition) is 0. The van der Waals surface area contributed by atoms with Gasteiger partial charge in [0.25, 0.3) is 11.8 Å². The van der Waals surface area contributed by atoms with E-state index in [-0.39, 0.29) is 30.1 Å². The van der Waals surface area contributed by atoms with Crippen LogP contribution in [-0.4, -0.2) is 16.9 Å². The first-order chi connectivity index (χ1) is 10.2. The highest BCUT2D eigenvalue weighted by Gasteiger charge is 2.63. The SMILES string of the molecule is O=C1CCC(=O)N1OC1=C[C@]23CCC#CCC[C@H]2C3CC1. The zero-order chi connectivity index (χ0) is 14.4. The smallest absolute Gasteiger partial charge is 0.263 e. The van der Waals surface area contributed by atoms with Crippen molar-refractivity contribution in [1.82, 2.24) is 5.06 Å². The monoisotopic (exact) mass is 285 g/mol. The molecular weight excluding hydrogens is 266 g/mol. The van der Waals surface area contributed by atoms with Crippen molar-refractivity contribution in [2.45, 2.75) is 51.4 Å². The lowest BCUT2D eigenvalue weighted by molar-refractivity contribution is -0.177. The average molecular weight is 285 g/mol. The summed E-state index contributed by atoms with van der Waals surface area (Å²) in [7, 11) is 0. The molecule has 1 saturated heterocycles. The molecule has 1 saturated carbocycles. The highest BCUT2D eigenvalue weighted by molar-refractivity contribution is 6.00. The summed E-state index contributed by atoms with van der Waals surface area (Å²) in [4.78, 5) is 29.0. The molecule has 2 amide bonds. The Labute approximate surface area is 124 Å². The number of amides is 2. The van der Waals surface area contributed by atoms with Crippen LogP contribution >= 0.6 is 0 Å². The zero-order valence-electron chi connectivity index (χ0n) is 12.1. The van der Waals surface area contributed by atoms with E-state index in [1.165, 1.54) is 6.42 Å². The normalized spacial score (nSPS) is 37.5. The van der Waals surface area contributed by atoms with Crippen LogP contribution in [0, 0.1) is 29.1 Å². The molecule has 0 aromatic carbocycles. The van der Waals surface area contributed by atoms with E-state index in [0.717, 1.165) is 54.8 Å². The van der Waals surface area contributed by atoms with Crippen LogP contribution in [0.15, 0.2) is 11.8 Å². The van der Waals surface area contributed by atoms with Crippen LogP contribution in [0.3, 0.4) is 0 Å². The molecule has 4 rings (SSSR count). The summed E-state index contributed by atoms with van der Waals surface area (Å²) in [6.07, 6.45) is 8.91. The molecule has 3 atom stereocenters. The molecule has 0 aromatic rings. The summed E-state index contributed by atoms with van der Waals surface area (Å²) in [6.45, 7) is 0. The molecule has 4 aliphatic rings. The lowest BCUT2D eigenvalue weighted by Crippen LogP contribution is -2.29. The standard InChI is InChI=1S/C17H19NO3/c19-15-8-9-16(20)18(15)21-12-6-7-14-13-5-3-1-2-4-10-17(13,14)11-12/h11,13-14H,3-10H2/t13-,14?,17+/m0/s1. The largest absolute Gasteiger partial charge is 0.374 e. The molecule has 0 radical (unpaired) electrons. The zero-order valence-corrected chi connectivity index (χ0v) is 12.1. The van der Waals surface area contributed by atoms with Gasteiger partial charge in [0.15, 0.2) is 0 Å². The Morgan fingerprint density at radius 1 is 1.05 bits per heavy atom. The molecule has 1 heterocycles. The Balaban J connectivity index is 1.54. The number of carbonyl (C=O) groups is 2. The molecule has 4 nitrogen and oxygen atoms in total. The number of carbonyl (C=O) groups excluding carboxylic acids is 2. The van der Waals surface area contributed by atoms with Gasteiger partial charge in [-0.1, -0.05) is 0 Å². The van der Waals surface area contributed by atoms with Gasteiger partial charge in [0.2, 0.25) is 0 Å². The lowest BCUT2D eigenvalue weighted by atomic mass is 9.88. The van der Waals surface area contributed by atoms with Crippen LogP contribution in [-0.2, 0) is 14.4 Å². The topological polar surface area (TPSA) is 46.6 Å². The predicted octanol–water partition coefficient (Wildman–Crippen LogP) is 2.55. The average Bonchev–Trinajstić information content (AvgIpc) is 2.94. The number of rotatable bonds is 2. The highest BCUT2D eigenvalue weighted by Crippen LogP contribution is 2.69. The summed E-state index contributed by atoms with van der Waals surface area (Å²) < 4.78 is 0. The van der Waals surface area contributed by atoms with Crippen molar-refractivity contribution < 1.29 is 14.4 Å². The molecule has 1 unspecified atom stereocenters. The van der Waals surface area contributed by atoms with Crippen molar-refractivity contribution in [3.8, 4) is 11.8 Å². The Kier molecular flexibility index (Phi) is 2.85. The quantitative estimate of drug-likeness (QED) is 0.578. The first-order valence-electron chi connectivity index (χ1n) is 7.92. The fourth-order valence-corrected chi connectivity index (χ4v) is 4.43. The number of nitrogens with zero attached hydrogens (tertiary/aromatic N) is 1.